The summed E-state index contributed by atoms with van der Waals surface area (Å²) in [5, 5.41) is 0. The molecule has 0 aliphatic heterocycles. The lowest BCUT2D eigenvalue weighted by Crippen LogP contribution is -2.31. The van der Waals surface area contributed by atoms with Gasteiger partial charge in [0.25, 0.3) is 0 Å². The summed E-state index contributed by atoms with van der Waals surface area (Å²) in [4.78, 5) is 21.5. The van der Waals surface area contributed by atoms with Gasteiger partial charge in [0.2, 0.25) is 5.95 Å². The minimum atomic E-state index is -0.247. The molecule has 18 heavy (non-hydrogen) atoms. The van der Waals surface area contributed by atoms with Crippen molar-refractivity contribution in [2.45, 2.75) is 6.42 Å². The van der Waals surface area contributed by atoms with Crippen LogP contribution in [0.25, 0.3) is 0 Å². The fourth-order valence-electron chi connectivity index (χ4n) is 1.31. The van der Waals surface area contributed by atoms with Crippen LogP contribution in [0, 0.1) is 3.57 Å². The van der Waals surface area contributed by atoms with Gasteiger partial charge in [-0.25, -0.2) is 9.97 Å². The molecule has 0 atom stereocenters. The van der Waals surface area contributed by atoms with E-state index in [1.807, 2.05) is 4.90 Å². The Morgan fingerprint density at radius 2 is 2.00 bits per heavy atom. The summed E-state index contributed by atoms with van der Waals surface area (Å²) in [5.74, 6) is 0.347. The largest absolute Gasteiger partial charge is 0.469 e. The second kappa shape index (κ2) is 8.20. The Morgan fingerprint density at radius 1 is 1.33 bits per heavy atom. The van der Waals surface area contributed by atoms with Crippen LogP contribution in [0.15, 0.2) is 12.4 Å². The Labute approximate surface area is 120 Å². The average Bonchev–Trinajstić information content (AvgIpc) is 2.40. The number of anilines is 1. The van der Waals surface area contributed by atoms with Crippen molar-refractivity contribution in [2.24, 2.45) is 0 Å². The number of ether oxygens (including phenoxy) is 2. The summed E-state index contributed by atoms with van der Waals surface area (Å²) in [6.07, 6.45) is 3.78. The van der Waals surface area contributed by atoms with Crippen molar-refractivity contribution in [1.82, 2.24) is 9.97 Å². The molecule has 0 aliphatic rings. The zero-order valence-corrected chi connectivity index (χ0v) is 12.6. The Hall–Kier alpha value is -0.960. The molecule has 1 aromatic heterocycles. The van der Waals surface area contributed by atoms with E-state index in [-0.39, 0.29) is 5.97 Å². The van der Waals surface area contributed by atoms with E-state index in [4.69, 9.17) is 4.74 Å². The third-order valence-corrected chi connectivity index (χ3v) is 2.83. The maximum Gasteiger partial charge on any atom is 0.307 e. The van der Waals surface area contributed by atoms with Crippen molar-refractivity contribution < 1.29 is 14.3 Å². The van der Waals surface area contributed by atoms with Crippen LogP contribution < -0.4 is 4.90 Å². The lowest BCUT2D eigenvalue weighted by Gasteiger charge is -2.21. The lowest BCUT2D eigenvalue weighted by molar-refractivity contribution is -0.140. The van der Waals surface area contributed by atoms with E-state index in [1.54, 1.807) is 19.5 Å². The first-order valence-electron chi connectivity index (χ1n) is 5.45. The number of rotatable bonds is 7. The van der Waals surface area contributed by atoms with E-state index in [2.05, 4.69) is 37.3 Å². The van der Waals surface area contributed by atoms with Crippen LogP contribution in [0.4, 0.5) is 5.95 Å². The highest BCUT2D eigenvalue weighted by molar-refractivity contribution is 14.1. The van der Waals surface area contributed by atoms with Crippen LogP contribution in [0.1, 0.15) is 6.42 Å². The van der Waals surface area contributed by atoms with E-state index in [9.17, 15) is 4.79 Å². The molecule has 0 amide bonds. The minimum Gasteiger partial charge on any atom is -0.469 e. The molecule has 0 bridgehead atoms. The smallest absolute Gasteiger partial charge is 0.307 e. The van der Waals surface area contributed by atoms with Gasteiger partial charge >= 0.3 is 5.97 Å². The van der Waals surface area contributed by atoms with E-state index < -0.39 is 0 Å². The zero-order valence-electron chi connectivity index (χ0n) is 10.4. The normalized spacial score (nSPS) is 10.2. The van der Waals surface area contributed by atoms with Gasteiger partial charge in [0.15, 0.2) is 0 Å². The van der Waals surface area contributed by atoms with Gasteiger partial charge in [0, 0.05) is 36.2 Å². The summed E-state index contributed by atoms with van der Waals surface area (Å²) in [6.45, 7) is 1.70. The predicted molar refractivity (Wildman–Crippen MR) is 75.5 cm³/mol. The number of esters is 1. The van der Waals surface area contributed by atoms with Gasteiger partial charge in [-0.15, -0.1) is 0 Å². The topological polar surface area (TPSA) is 64.5 Å². The fraction of sp³-hybridized carbons (Fsp3) is 0.545. The molecule has 1 aromatic rings. The molecular formula is C11H16IN3O3. The van der Waals surface area contributed by atoms with Crippen molar-refractivity contribution in [3.63, 3.8) is 0 Å². The van der Waals surface area contributed by atoms with Gasteiger partial charge < -0.3 is 14.4 Å². The highest BCUT2D eigenvalue weighted by Crippen LogP contribution is 2.09. The zero-order chi connectivity index (χ0) is 13.4. The Morgan fingerprint density at radius 3 is 2.56 bits per heavy atom. The summed E-state index contributed by atoms with van der Waals surface area (Å²) in [7, 11) is 3.01. The third kappa shape index (κ3) is 5.13. The van der Waals surface area contributed by atoms with Crippen molar-refractivity contribution >= 4 is 34.5 Å². The first-order chi connectivity index (χ1) is 8.67. The van der Waals surface area contributed by atoms with Gasteiger partial charge in [-0.3, -0.25) is 4.79 Å². The molecule has 0 unspecified atom stereocenters. The second-order valence-electron chi connectivity index (χ2n) is 3.51. The predicted octanol–water partition coefficient (Wildman–Crippen LogP) is 1.10. The summed E-state index contributed by atoms with van der Waals surface area (Å²) < 4.78 is 10.6. The number of carbonyl (C=O) groups excluding carboxylic acids is 1. The van der Waals surface area contributed by atoms with E-state index in [0.717, 1.165) is 3.57 Å². The molecule has 0 fully saturated rings. The van der Waals surface area contributed by atoms with Crippen LogP contribution in [0.3, 0.4) is 0 Å². The van der Waals surface area contributed by atoms with Gasteiger partial charge in [0.1, 0.15) is 0 Å². The molecule has 0 N–H and O–H groups in total. The highest BCUT2D eigenvalue weighted by atomic mass is 127. The van der Waals surface area contributed by atoms with Crippen molar-refractivity contribution in [2.75, 3.05) is 38.8 Å². The van der Waals surface area contributed by atoms with Crippen LogP contribution in [0.5, 0.6) is 0 Å². The van der Waals surface area contributed by atoms with Crippen LogP contribution in [-0.2, 0) is 14.3 Å². The lowest BCUT2D eigenvalue weighted by atomic mass is 10.4. The number of hydrogen-bond donors (Lipinski definition) is 0. The first kappa shape index (κ1) is 15.1. The van der Waals surface area contributed by atoms with E-state index in [1.165, 1.54) is 7.11 Å². The highest BCUT2D eigenvalue weighted by Gasteiger charge is 2.11. The molecule has 0 saturated heterocycles. The average molecular weight is 365 g/mol. The number of aromatic nitrogens is 2. The number of hydrogen-bond acceptors (Lipinski definition) is 6. The number of carbonyl (C=O) groups is 1. The van der Waals surface area contributed by atoms with Crippen molar-refractivity contribution in [3.8, 4) is 0 Å². The Balaban J connectivity index is 2.64. The van der Waals surface area contributed by atoms with Crippen LogP contribution in [0.2, 0.25) is 0 Å². The SMILES string of the molecule is COCCN(CCC(=O)OC)c1ncc(I)cn1. The van der Waals surface area contributed by atoms with Gasteiger partial charge in [-0.05, 0) is 22.6 Å². The van der Waals surface area contributed by atoms with Gasteiger partial charge in [-0.1, -0.05) is 0 Å². The Bertz CT molecular complexity index is 372. The molecule has 0 spiro atoms. The Kier molecular flexibility index (Phi) is 6.88. The monoisotopic (exact) mass is 365 g/mol. The van der Waals surface area contributed by atoms with E-state index >= 15 is 0 Å². The summed E-state index contributed by atoms with van der Waals surface area (Å²) in [5.41, 5.74) is 0. The molecular weight excluding hydrogens is 349 g/mol. The first-order valence-corrected chi connectivity index (χ1v) is 6.53. The molecule has 0 aliphatic carbocycles. The van der Waals surface area contributed by atoms with Crippen LogP contribution >= 0.6 is 22.6 Å². The molecule has 0 radical (unpaired) electrons. The maximum absolute atomic E-state index is 11.2. The molecule has 0 saturated carbocycles. The van der Waals surface area contributed by atoms with Crippen molar-refractivity contribution in [1.29, 1.82) is 0 Å². The standard InChI is InChI=1S/C11H16IN3O3/c1-17-6-5-15(4-3-10(16)18-2)11-13-7-9(12)8-14-11/h7-8H,3-6H2,1-2H3. The van der Waals surface area contributed by atoms with Crippen LogP contribution in [-0.4, -0.2) is 49.9 Å². The summed E-state index contributed by atoms with van der Waals surface area (Å²) >= 11 is 2.14. The minimum absolute atomic E-state index is 0.247. The quantitative estimate of drug-likeness (QED) is 0.533. The van der Waals surface area contributed by atoms with Crippen molar-refractivity contribution in [3.05, 3.63) is 16.0 Å². The number of nitrogens with zero attached hydrogens (tertiary/aromatic N) is 3. The molecule has 6 nitrogen and oxygen atoms in total. The molecule has 7 heteroatoms. The molecule has 100 valence electrons. The van der Waals surface area contributed by atoms with Gasteiger partial charge in [-0.2, -0.15) is 0 Å². The molecule has 0 aromatic carbocycles. The molecule has 1 heterocycles. The second-order valence-corrected chi connectivity index (χ2v) is 4.75. The third-order valence-electron chi connectivity index (χ3n) is 2.27. The maximum atomic E-state index is 11.2. The molecule has 1 rings (SSSR count). The fourth-order valence-corrected chi connectivity index (χ4v) is 1.59. The van der Waals surface area contributed by atoms with Gasteiger partial charge in [0.05, 0.1) is 20.1 Å². The number of methoxy groups -OCH3 is 2. The van der Waals surface area contributed by atoms with E-state index in [0.29, 0.717) is 32.1 Å². The number of halogens is 1. The summed E-state index contributed by atoms with van der Waals surface area (Å²) in [6, 6.07) is 0.